The Morgan fingerprint density at radius 2 is 1.95 bits per heavy atom. The largest absolute Gasteiger partial charge is 0.399 e. The van der Waals surface area contributed by atoms with Crippen molar-refractivity contribution in [1.82, 2.24) is 5.16 Å². The summed E-state index contributed by atoms with van der Waals surface area (Å²) in [6.07, 6.45) is 0. The highest BCUT2D eigenvalue weighted by atomic mass is 32.2. The summed E-state index contributed by atoms with van der Waals surface area (Å²) in [5, 5.41) is 12.2. The first-order valence-electron chi connectivity index (χ1n) is 6.28. The number of nitrogens with zero attached hydrogens (tertiary/aromatic N) is 1. The summed E-state index contributed by atoms with van der Waals surface area (Å²) in [6.45, 7) is 5.79. The molecule has 0 saturated carbocycles. The average molecular weight is 310 g/mol. The van der Waals surface area contributed by atoms with Crippen LogP contribution in [0.5, 0.6) is 0 Å². The lowest BCUT2D eigenvalue weighted by atomic mass is 10.1. The van der Waals surface area contributed by atoms with Gasteiger partial charge in [-0.1, -0.05) is 5.16 Å². The summed E-state index contributed by atoms with van der Waals surface area (Å²) in [5.41, 5.74) is 8.91. The first-order chi connectivity index (χ1) is 9.70. The van der Waals surface area contributed by atoms with Crippen LogP contribution in [0.1, 0.15) is 22.6 Å². The summed E-state index contributed by atoms with van der Waals surface area (Å²) in [4.78, 5) is 0.0174. The molecule has 2 rings (SSSR count). The summed E-state index contributed by atoms with van der Waals surface area (Å²) in [5.74, 6) is 0.716. The minimum atomic E-state index is -3.82. The number of hydrogen-bond acceptors (Lipinski definition) is 6. The minimum absolute atomic E-state index is 0.0174. The molecular formula is C13H18N4O3S. The Morgan fingerprint density at radius 3 is 2.48 bits per heavy atom. The Labute approximate surface area is 123 Å². The number of nitrogens with one attached hydrogen (secondary N) is 1. The Morgan fingerprint density at radius 1 is 1.29 bits per heavy atom. The SMILES string of the molecule is Cc1noc(C)c1CNc1cc(N)cc(S(N)(=O)=O)c1C. The van der Waals surface area contributed by atoms with Crippen LogP contribution in [0.3, 0.4) is 0 Å². The van der Waals surface area contributed by atoms with Gasteiger partial charge in [0.1, 0.15) is 5.76 Å². The molecule has 0 aliphatic carbocycles. The summed E-state index contributed by atoms with van der Waals surface area (Å²) >= 11 is 0. The van der Waals surface area contributed by atoms with Crippen molar-refractivity contribution in [2.24, 2.45) is 5.14 Å². The number of nitrogens with two attached hydrogens (primary N) is 2. The smallest absolute Gasteiger partial charge is 0.238 e. The molecule has 0 saturated heterocycles. The molecule has 0 atom stereocenters. The maximum Gasteiger partial charge on any atom is 0.238 e. The van der Waals surface area contributed by atoms with E-state index in [1.54, 1.807) is 13.0 Å². The highest BCUT2D eigenvalue weighted by Gasteiger charge is 2.16. The predicted octanol–water partition coefficient (Wildman–Crippen LogP) is 1.44. The Balaban J connectivity index is 2.35. The van der Waals surface area contributed by atoms with E-state index in [9.17, 15) is 8.42 Å². The first kappa shape index (κ1) is 15.3. The van der Waals surface area contributed by atoms with Gasteiger partial charge in [-0.25, -0.2) is 13.6 Å². The molecule has 0 aliphatic rings. The minimum Gasteiger partial charge on any atom is -0.399 e. The van der Waals surface area contributed by atoms with Gasteiger partial charge >= 0.3 is 0 Å². The number of aromatic nitrogens is 1. The number of rotatable bonds is 4. The third-order valence-corrected chi connectivity index (χ3v) is 4.36. The van der Waals surface area contributed by atoms with E-state index >= 15 is 0 Å². The number of primary sulfonamides is 1. The molecule has 0 bridgehead atoms. The van der Waals surface area contributed by atoms with Crippen molar-refractivity contribution in [3.8, 4) is 0 Å². The number of hydrogen-bond donors (Lipinski definition) is 3. The fourth-order valence-electron chi connectivity index (χ4n) is 2.13. The zero-order valence-electron chi connectivity index (χ0n) is 12.1. The highest BCUT2D eigenvalue weighted by Crippen LogP contribution is 2.27. The standard InChI is InChI=1S/C13H18N4O3S/c1-7-12(4-10(14)5-13(7)21(15,18)19)16-6-11-8(2)17-20-9(11)3/h4-5,16H,6,14H2,1-3H3,(H2,15,18,19). The second-order valence-corrected chi connectivity index (χ2v) is 6.42. The molecule has 7 nitrogen and oxygen atoms in total. The van der Waals surface area contributed by atoms with Crippen molar-refractivity contribution >= 4 is 21.4 Å². The van der Waals surface area contributed by atoms with E-state index in [-0.39, 0.29) is 4.90 Å². The zero-order chi connectivity index (χ0) is 15.8. The average Bonchev–Trinajstić information content (AvgIpc) is 2.68. The van der Waals surface area contributed by atoms with Crippen LogP contribution < -0.4 is 16.2 Å². The van der Waals surface area contributed by atoms with Crippen LogP contribution in [0.25, 0.3) is 0 Å². The zero-order valence-corrected chi connectivity index (χ0v) is 12.9. The second-order valence-electron chi connectivity index (χ2n) is 4.89. The molecule has 1 heterocycles. The topological polar surface area (TPSA) is 124 Å². The van der Waals surface area contributed by atoms with Crippen molar-refractivity contribution in [2.45, 2.75) is 32.2 Å². The molecular weight excluding hydrogens is 292 g/mol. The van der Waals surface area contributed by atoms with Gasteiger partial charge in [0.25, 0.3) is 0 Å². The summed E-state index contributed by atoms with van der Waals surface area (Å²) in [7, 11) is -3.82. The van der Waals surface area contributed by atoms with Crippen LogP contribution in [0.4, 0.5) is 11.4 Å². The predicted molar refractivity (Wildman–Crippen MR) is 80.3 cm³/mol. The lowest BCUT2D eigenvalue weighted by molar-refractivity contribution is 0.392. The molecule has 8 heteroatoms. The molecule has 0 fully saturated rings. The Kier molecular flexibility index (Phi) is 3.93. The van der Waals surface area contributed by atoms with Gasteiger partial charge in [-0.3, -0.25) is 0 Å². The van der Waals surface area contributed by atoms with Gasteiger partial charge in [-0.15, -0.1) is 0 Å². The molecule has 114 valence electrons. The first-order valence-corrected chi connectivity index (χ1v) is 7.83. The van der Waals surface area contributed by atoms with E-state index in [0.29, 0.717) is 29.2 Å². The van der Waals surface area contributed by atoms with Crippen LogP contribution in [0.2, 0.25) is 0 Å². The molecule has 1 aromatic heterocycles. The van der Waals surface area contributed by atoms with Gasteiger partial charge in [0, 0.05) is 23.5 Å². The maximum absolute atomic E-state index is 11.6. The van der Waals surface area contributed by atoms with E-state index in [4.69, 9.17) is 15.4 Å². The third-order valence-electron chi connectivity index (χ3n) is 3.33. The molecule has 0 spiro atoms. The van der Waals surface area contributed by atoms with Crippen molar-refractivity contribution < 1.29 is 12.9 Å². The van der Waals surface area contributed by atoms with Crippen LogP contribution in [-0.4, -0.2) is 13.6 Å². The molecule has 0 unspecified atom stereocenters. The van der Waals surface area contributed by atoms with Crippen LogP contribution >= 0.6 is 0 Å². The Bertz CT molecular complexity index is 761. The van der Waals surface area contributed by atoms with Crippen molar-refractivity contribution in [3.05, 3.63) is 34.7 Å². The molecule has 2 aromatic rings. The molecule has 1 aromatic carbocycles. The fourth-order valence-corrected chi connectivity index (χ4v) is 2.96. The highest BCUT2D eigenvalue weighted by molar-refractivity contribution is 7.89. The summed E-state index contributed by atoms with van der Waals surface area (Å²) in [6, 6.07) is 3.02. The van der Waals surface area contributed by atoms with Gasteiger partial charge in [0.05, 0.1) is 10.6 Å². The van der Waals surface area contributed by atoms with E-state index in [0.717, 1.165) is 11.3 Å². The van der Waals surface area contributed by atoms with Crippen molar-refractivity contribution in [1.29, 1.82) is 0 Å². The van der Waals surface area contributed by atoms with E-state index in [2.05, 4.69) is 10.5 Å². The molecule has 0 aliphatic heterocycles. The number of benzene rings is 1. The van der Waals surface area contributed by atoms with E-state index in [1.807, 2.05) is 13.8 Å². The fraction of sp³-hybridized carbons (Fsp3) is 0.308. The van der Waals surface area contributed by atoms with Crippen LogP contribution in [0, 0.1) is 20.8 Å². The molecule has 0 radical (unpaired) electrons. The maximum atomic E-state index is 11.6. The number of nitrogen functional groups attached to an aromatic ring is 1. The third kappa shape index (κ3) is 3.17. The molecule has 0 amide bonds. The lowest BCUT2D eigenvalue weighted by Gasteiger charge is -2.13. The van der Waals surface area contributed by atoms with Gasteiger partial charge in [0.2, 0.25) is 10.0 Å². The van der Waals surface area contributed by atoms with Gasteiger partial charge in [0.15, 0.2) is 0 Å². The lowest BCUT2D eigenvalue weighted by Crippen LogP contribution is -2.15. The van der Waals surface area contributed by atoms with Gasteiger partial charge in [-0.2, -0.15) is 0 Å². The number of sulfonamides is 1. The van der Waals surface area contributed by atoms with Gasteiger partial charge in [-0.05, 0) is 38.5 Å². The monoisotopic (exact) mass is 310 g/mol. The normalized spacial score (nSPS) is 11.6. The number of anilines is 2. The van der Waals surface area contributed by atoms with Crippen molar-refractivity contribution in [3.63, 3.8) is 0 Å². The molecule has 21 heavy (non-hydrogen) atoms. The van der Waals surface area contributed by atoms with Crippen molar-refractivity contribution in [2.75, 3.05) is 11.1 Å². The quantitative estimate of drug-likeness (QED) is 0.734. The second kappa shape index (κ2) is 5.38. The molecule has 5 N–H and O–H groups in total. The van der Waals surface area contributed by atoms with E-state index in [1.165, 1.54) is 6.07 Å². The van der Waals surface area contributed by atoms with Crippen LogP contribution in [-0.2, 0) is 16.6 Å². The van der Waals surface area contributed by atoms with E-state index < -0.39 is 10.0 Å². The Hall–Kier alpha value is -2.06. The van der Waals surface area contributed by atoms with Gasteiger partial charge < -0.3 is 15.6 Å². The summed E-state index contributed by atoms with van der Waals surface area (Å²) < 4.78 is 28.2. The number of aryl methyl sites for hydroxylation is 2. The van der Waals surface area contributed by atoms with Crippen LogP contribution in [0.15, 0.2) is 21.6 Å².